The second-order valence-corrected chi connectivity index (χ2v) is 4.26. The molecule has 15 heavy (non-hydrogen) atoms. The first-order chi connectivity index (χ1) is 6.81. The lowest BCUT2D eigenvalue weighted by atomic mass is 9.96. The minimum Gasteiger partial charge on any atom is -0.384 e. The molecule has 0 aromatic heterocycles. The molecule has 88 valence electrons. The van der Waals surface area contributed by atoms with E-state index in [0.717, 1.165) is 25.9 Å². The van der Waals surface area contributed by atoms with Crippen LogP contribution in [0, 0.1) is 11.8 Å². The van der Waals surface area contributed by atoms with Crippen LogP contribution in [0.2, 0.25) is 0 Å². The fourth-order valence-electron chi connectivity index (χ4n) is 1.96. The van der Waals surface area contributed by atoms with Gasteiger partial charge in [0, 0.05) is 32.2 Å². The van der Waals surface area contributed by atoms with Crippen LogP contribution in [0.25, 0.3) is 0 Å². The Morgan fingerprint density at radius 3 is 2.80 bits per heavy atom. The number of rotatable bonds is 4. The summed E-state index contributed by atoms with van der Waals surface area (Å²) in [4.78, 5) is 11.8. The quantitative estimate of drug-likeness (QED) is 0.729. The molecule has 1 saturated carbocycles. The molecule has 4 nitrogen and oxygen atoms in total. The average molecular weight is 235 g/mol. The summed E-state index contributed by atoms with van der Waals surface area (Å²) in [5, 5.41) is 6.29. The van der Waals surface area contributed by atoms with Crippen molar-refractivity contribution in [3.05, 3.63) is 0 Å². The first-order valence-electron chi connectivity index (χ1n) is 5.31. The molecule has 0 radical (unpaired) electrons. The fourth-order valence-corrected chi connectivity index (χ4v) is 1.96. The van der Waals surface area contributed by atoms with Crippen LogP contribution in [0.15, 0.2) is 0 Å². The number of methoxy groups -OCH3 is 1. The molecule has 2 fully saturated rings. The average Bonchev–Trinajstić information content (AvgIpc) is 2.83. The van der Waals surface area contributed by atoms with E-state index in [2.05, 4.69) is 10.6 Å². The van der Waals surface area contributed by atoms with E-state index in [-0.39, 0.29) is 24.2 Å². The van der Waals surface area contributed by atoms with Crippen LogP contribution in [0.5, 0.6) is 0 Å². The first kappa shape index (κ1) is 12.7. The minimum atomic E-state index is 0. The molecule has 2 atom stereocenters. The third-order valence-corrected chi connectivity index (χ3v) is 2.98. The van der Waals surface area contributed by atoms with Gasteiger partial charge in [0.1, 0.15) is 0 Å². The number of hydrogen-bond donors (Lipinski definition) is 2. The lowest BCUT2D eigenvalue weighted by Gasteiger charge is -2.16. The smallest absolute Gasteiger partial charge is 0.225 e. The lowest BCUT2D eigenvalue weighted by Crippen LogP contribution is -2.37. The monoisotopic (exact) mass is 234 g/mol. The van der Waals surface area contributed by atoms with Crippen molar-refractivity contribution >= 4 is 18.3 Å². The molecule has 0 unspecified atom stereocenters. The molecule has 1 aliphatic carbocycles. The summed E-state index contributed by atoms with van der Waals surface area (Å²) in [6.07, 6.45) is 2.31. The second-order valence-electron chi connectivity index (χ2n) is 4.26. The normalized spacial score (nSPS) is 29.7. The van der Waals surface area contributed by atoms with Crippen molar-refractivity contribution in [1.29, 1.82) is 0 Å². The Kier molecular flexibility index (Phi) is 4.83. The van der Waals surface area contributed by atoms with Crippen LogP contribution in [-0.2, 0) is 9.53 Å². The molecule has 2 N–H and O–H groups in total. The summed E-state index contributed by atoms with van der Waals surface area (Å²) < 4.78 is 5.11. The van der Waals surface area contributed by atoms with Crippen molar-refractivity contribution in [3.8, 4) is 0 Å². The summed E-state index contributed by atoms with van der Waals surface area (Å²) in [5.74, 6) is 0.661. The highest BCUT2D eigenvalue weighted by molar-refractivity contribution is 5.85. The fraction of sp³-hybridized carbons (Fsp3) is 0.900. The van der Waals surface area contributed by atoms with Crippen LogP contribution in [0.3, 0.4) is 0 Å². The molecule has 2 aliphatic rings. The zero-order valence-corrected chi connectivity index (χ0v) is 9.81. The standard InChI is InChI=1S/C10H18N2O2.ClH/c1-14-6-7-4-11-5-9(7)10(13)12-8-2-3-8;/h7-9,11H,2-6H2,1H3,(H,12,13);1H/t7-,9+;/m0./s1. The van der Waals surface area contributed by atoms with E-state index in [1.165, 1.54) is 0 Å². The molecule has 0 aromatic rings. The summed E-state index contributed by atoms with van der Waals surface area (Å²) in [6, 6.07) is 0.464. The molecule has 2 rings (SSSR count). The van der Waals surface area contributed by atoms with Crippen molar-refractivity contribution in [1.82, 2.24) is 10.6 Å². The number of hydrogen-bond acceptors (Lipinski definition) is 3. The van der Waals surface area contributed by atoms with Gasteiger partial charge in [0.2, 0.25) is 5.91 Å². The summed E-state index contributed by atoms with van der Waals surface area (Å²) in [7, 11) is 1.69. The van der Waals surface area contributed by atoms with Crippen LogP contribution in [0.4, 0.5) is 0 Å². The zero-order valence-electron chi connectivity index (χ0n) is 8.99. The van der Waals surface area contributed by atoms with Gasteiger partial charge in [-0.3, -0.25) is 4.79 Å². The Labute approximate surface area is 96.5 Å². The maximum Gasteiger partial charge on any atom is 0.225 e. The van der Waals surface area contributed by atoms with Gasteiger partial charge in [-0.25, -0.2) is 0 Å². The van der Waals surface area contributed by atoms with E-state index in [4.69, 9.17) is 4.74 Å². The molecular formula is C10H19ClN2O2. The Hall–Kier alpha value is -0.320. The number of halogens is 1. The Morgan fingerprint density at radius 2 is 2.20 bits per heavy atom. The van der Waals surface area contributed by atoms with E-state index < -0.39 is 0 Å². The van der Waals surface area contributed by atoms with Gasteiger partial charge in [-0.1, -0.05) is 0 Å². The maximum atomic E-state index is 11.8. The van der Waals surface area contributed by atoms with Gasteiger partial charge in [0.15, 0.2) is 0 Å². The molecule has 5 heteroatoms. The van der Waals surface area contributed by atoms with Gasteiger partial charge in [-0.2, -0.15) is 0 Å². The second kappa shape index (κ2) is 5.68. The number of amides is 1. The highest BCUT2D eigenvalue weighted by atomic mass is 35.5. The largest absolute Gasteiger partial charge is 0.384 e. The number of nitrogens with one attached hydrogen (secondary N) is 2. The lowest BCUT2D eigenvalue weighted by molar-refractivity contribution is -0.126. The molecular weight excluding hydrogens is 216 g/mol. The van der Waals surface area contributed by atoms with Crippen molar-refractivity contribution in [2.24, 2.45) is 11.8 Å². The van der Waals surface area contributed by atoms with Crippen molar-refractivity contribution in [3.63, 3.8) is 0 Å². The number of carbonyl (C=O) groups is 1. The number of carbonyl (C=O) groups excluding carboxylic acids is 1. The summed E-state index contributed by atoms with van der Waals surface area (Å²) >= 11 is 0. The Bertz CT molecular complexity index is 221. The number of ether oxygens (including phenoxy) is 1. The summed E-state index contributed by atoms with van der Waals surface area (Å²) in [6.45, 7) is 2.37. The van der Waals surface area contributed by atoms with E-state index in [9.17, 15) is 4.79 Å². The molecule has 1 saturated heterocycles. The van der Waals surface area contributed by atoms with Gasteiger partial charge in [-0.15, -0.1) is 12.4 Å². The van der Waals surface area contributed by atoms with Gasteiger partial charge < -0.3 is 15.4 Å². The van der Waals surface area contributed by atoms with Gasteiger partial charge in [0.05, 0.1) is 12.5 Å². The van der Waals surface area contributed by atoms with Crippen LogP contribution < -0.4 is 10.6 Å². The van der Waals surface area contributed by atoms with E-state index in [0.29, 0.717) is 18.6 Å². The van der Waals surface area contributed by atoms with Gasteiger partial charge in [0.25, 0.3) is 0 Å². The van der Waals surface area contributed by atoms with E-state index in [1.54, 1.807) is 7.11 Å². The van der Waals surface area contributed by atoms with Crippen LogP contribution in [-0.4, -0.2) is 38.8 Å². The topological polar surface area (TPSA) is 50.4 Å². The van der Waals surface area contributed by atoms with Gasteiger partial charge >= 0.3 is 0 Å². The van der Waals surface area contributed by atoms with E-state index >= 15 is 0 Å². The highest BCUT2D eigenvalue weighted by Crippen LogP contribution is 2.22. The first-order valence-corrected chi connectivity index (χ1v) is 5.31. The highest BCUT2D eigenvalue weighted by Gasteiger charge is 2.35. The minimum absolute atomic E-state index is 0. The molecule has 1 amide bonds. The van der Waals surface area contributed by atoms with E-state index in [1.807, 2.05) is 0 Å². The zero-order chi connectivity index (χ0) is 9.97. The molecule has 1 heterocycles. The Balaban J connectivity index is 0.00000112. The predicted molar refractivity (Wildman–Crippen MR) is 60.1 cm³/mol. The maximum absolute atomic E-state index is 11.8. The molecule has 0 bridgehead atoms. The molecule has 0 aromatic carbocycles. The predicted octanol–water partition coefficient (Wildman–Crippen LogP) is 0.169. The van der Waals surface area contributed by atoms with Crippen LogP contribution in [0.1, 0.15) is 12.8 Å². The van der Waals surface area contributed by atoms with Crippen molar-refractivity contribution < 1.29 is 9.53 Å². The van der Waals surface area contributed by atoms with Crippen molar-refractivity contribution in [2.45, 2.75) is 18.9 Å². The summed E-state index contributed by atoms with van der Waals surface area (Å²) in [5.41, 5.74) is 0. The SMILES string of the molecule is COC[C@@H]1CNC[C@H]1C(=O)NC1CC1.Cl. The molecule has 0 spiro atoms. The van der Waals surface area contributed by atoms with Crippen LogP contribution >= 0.6 is 12.4 Å². The van der Waals surface area contributed by atoms with Crippen molar-refractivity contribution in [2.75, 3.05) is 26.8 Å². The third-order valence-electron chi connectivity index (χ3n) is 2.98. The molecule has 1 aliphatic heterocycles. The Morgan fingerprint density at radius 1 is 1.47 bits per heavy atom. The van der Waals surface area contributed by atoms with Gasteiger partial charge in [-0.05, 0) is 12.8 Å². The third kappa shape index (κ3) is 3.33.